The van der Waals surface area contributed by atoms with Gasteiger partial charge in [0.05, 0.1) is 11.4 Å². The fourth-order valence-corrected chi connectivity index (χ4v) is 4.51. The maximum atomic E-state index is 13.0. The number of carbonyl (C=O) groups excluding carboxylic acids is 1. The number of aryl methyl sites for hydroxylation is 1. The second kappa shape index (κ2) is 9.55. The molecule has 1 aliphatic rings. The minimum Gasteiger partial charge on any atom is -0.451 e. The molecule has 7 heteroatoms. The molecule has 0 radical (unpaired) electrons. The van der Waals surface area contributed by atoms with Crippen molar-refractivity contribution in [3.05, 3.63) is 93.7 Å². The number of ketones is 1. The number of fused-ring (bicyclic) bond motifs is 1. The summed E-state index contributed by atoms with van der Waals surface area (Å²) in [5, 5.41) is 0.971. The number of pyridine rings is 2. The van der Waals surface area contributed by atoms with Crippen LogP contribution in [-0.2, 0) is 13.1 Å². The van der Waals surface area contributed by atoms with Crippen LogP contribution in [-0.4, -0.2) is 51.7 Å². The van der Waals surface area contributed by atoms with Crippen LogP contribution >= 0.6 is 15.9 Å². The van der Waals surface area contributed by atoms with Crippen molar-refractivity contribution in [1.29, 1.82) is 0 Å². The van der Waals surface area contributed by atoms with Gasteiger partial charge in [-0.25, -0.2) is 0 Å². The van der Waals surface area contributed by atoms with Gasteiger partial charge >= 0.3 is 0 Å². The molecular weight excluding hydrogens is 480 g/mol. The minimum absolute atomic E-state index is 0.118. The molecule has 0 aliphatic carbocycles. The monoisotopic (exact) mass is 504 g/mol. The summed E-state index contributed by atoms with van der Waals surface area (Å²) in [5.41, 5.74) is 4.29. The first-order valence-electron chi connectivity index (χ1n) is 11.1. The van der Waals surface area contributed by atoms with Crippen LogP contribution in [0, 0.1) is 6.92 Å². The van der Waals surface area contributed by atoms with Crippen LogP contribution in [0.2, 0.25) is 0 Å². The first-order chi connectivity index (χ1) is 16.1. The van der Waals surface area contributed by atoms with E-state index in [2.05, 4.69) is 41.8 Å². The van der Waals surface area contributed by atoms with Crippen LogP contribution in [0.5, 0.6) is 0 Å². The van der Waals surface area contributed by atoms with Gasteiger partial charge in [0.1, 0.15) is 0 Å². The van der Waals surface area contributed by atoms with Gasteiger partial charge in [0, 0.05) is 67.1 Å². The van der Waals surface area contributed by atoms with Crippen molar-refractivity contribution < 1.29 is 9.21 Å². The summed E-state index contributed by atoms with van der Waals surface area (Å²) in [5.74, 6) is 0.233. The van der Waals surface area contributed by atoms with Gasteiger partial charge in [0.2, 0.25) is 5.78 Å². The lowest BCUT2D eigenvalue weighted by Gasteiger charge is -2.34. The number of hydrogen-bond donors (Lipinski definition) is 0. The summed E-state index contributed by atoms with van der Waals surface area (Å²) in [4.78, 5) is 26.8. The van der Waals surface area contributed by atoms with E-state index in [1.807, 2.05) is 49.6 Å². The summed E-state index contributed by atoms with van der Waals surface area (Å²) in [6.07, 6.45) is 3.77. The zero-order chi connectivity index (χ0) is 22.8. The highest BCUT2D eigenvalue weighted by Gasteiger charge is 2.21. The third-order valence-electron chi connectivity index (χ3n) is 6.12. The maximum absolute atomic E-state index is 13.0. The van der Waals surface area contributed by atoms with E-state index in [0.717, 1.165) is 66.1 Å². The fraction of sp³-hybridized carbons (Fsp3) is 0.269. The molecule has 4 heterocycles. The van der Waals surface area contributed by atoms with Gasteiger partial charge in [0.25, 0.3) is 0 Å². The van der Waals surface area contributed by atoms with Gasteiger partial charge in [-0.2, -0.15) is 0 Å². The van der Waals surface area contributed by atoms with E-state index in [9.17, 15) is 4.79 Å². The highest BCUT2D eigenvalue weighted by molar-refractivity contribution is 9.10. The Kier molecular flexibility index (Phi) is 6.35. The van der Waals surface area contributed by atoms with E-state index in [4.69, 9.17) is 4.42 Å². The molecule has 0 N–H and O–H groups in total. The topological polar surface area (TPSA) is 62.5 Å². The SMILES string of the molecule is Cc1ncc(CN2CCN(Cc3ccccn3)CC2)c2cc(C(=O)c3ccc(Br)cc3)oc12. The molecule has 0 spiro atoms. The molecule has 0 saturated carbocycles. The normalized spacial score (nSPS) is 15.2. The van der Waals surface area contributed by atoms with Crippen LogP contribution in [0.1, 0.15) is 33.1 Å². The Bertz CT molecular complexity index is 1260. The number of benzene rings is 1. The van der Waals surface area contributed by atoms with Crippen molar-refractivity contribution in [2.75, 3.05) is 26.2 Å². The number of halogens is 1. The Morgan fingerprint density at radius 3 is 2.42 bits per heavy atom. The van der Waals surface area contributed by atoms with Crippen LogP contribution in [0.15, 0.2) is 69.8 Å². The second-order valence-electron chi connectivity index (χ2n) is 8.43. The summed E-state index contributed by atoms with van der Waals surface area (Å²) < 4.78 is 6.94. The molecule has 1 fully saturated rings. The molecule has 0 atom stereocenters. The second-order valence-corrected chi connectivity index (χ2v) is 9.35. The fourth-order valence-electron chi connectivity index (χ4n) is 4.25. The average molecular weight is 505 g/mol. The Labute approximate surface area is 201 Å². The summed E-state index contributed by atoms with van der Waals surface area (Å²) in [6, 6.07) is 15.3. The summed E-state index contributed by atoms with van der Waals surface area (Å²) >= 11 is 3.41. The molecular formula is C26H25BrN4O2. The molecule has 1 aliphatic heterocycles. The quantitative estimate of drug-likeness (QED) is 0.350. The highest BCUT2D eigenvalue weighted by Crippen LogP contribution is 2.28. The predicted octanol–water partition coefficient (Wildman–Crippen LogP) is 4.84. The average Bonchev–Trinajstić information content (AvgIpc) is 3.30. The number of hydrogen-bond acceptors (Lipinski definition) is 6. The Morgan fingerprint density at radius 2 is 1.73 bits per heavy atom. The van der Waals surface area contributed by atoms with E-state index >= 15 is 0 Å². The van der Waals surface area contributed by atoms with Crippen molar-refractivity contribution in [3.63, 3.8) is 0 Å². The molecule has 4 aromatic rings. The van der Waals surface area contributed by atoms with Gasteiger partial charge in [-0.05, 0) is 55.0 Å². The van der Waals surface area contributed by atoms with Crippen molar-refractivity contribution in [1.82, 2.24) is 19.8 Å². The van der Waals surface area contributed by atoms with E-state index in [1.165, 1.54) is 0 Å². The highest BCUT2D eigenvalue weighted by atomic mass is 79.9. The lowest BCUT2D eigenvalue weighted by atomic mass is 10.1. The number of nitrogens with zero attached hydrogens (tertiary/aromatic N) is 4. The Balaban J connectivity index is 1.30. The lowest BCUT2D eigenvalue weighted by molar-refractivity contribution is 0.101. The molecule has 1 saturated heterocycles. The zero-order valence-corrected chi connectivity index (χ0v) is 20.1. The minimum atomic E-state index is -0.118. The number of rotatable bonds is 6. The number of carbonyl (C=O) groups is 1. The molecule has 0 bridgehead atoms. The van der Waals surface area contributed by atoms with Crippen LogP contribution in [0.4, 0.5) is 0 Å². The summed E-state index contributed by atoms with van der Waals surface area (Å²) in [6.45, 7) is 7.53. The van der Waals surface area contributed by atoms with E-state index in [-0.39, 0.29) is 5.78 Å². The van der Waals surface area contributed by atoms with Crippen molar-refractivity contribution in [2.45, 2.75) is 20.0 Å². The zero-order valence-electron chi connectivity index (χ0n) is 18.5. The number of piperazine rings is 1. The van der Waals surface area contributed by atoms with Gasteiger partial charge in [-0.1, -0.05) is 22.0 Å². The first kappa shape index (κ1) is 21.9. The lowest BCUT2D eigenvalue weighted by Crippen LogP contribution is -2.45. The number of aromatic nitrogens is 2. The standard InChI is InChI=1S/C26H25BrN4O2/c1-18-26-23(14-24(33-26)25(32)19-5-7-21(27)8-6-19)20(15-29-18)16-30-10-12-31(13-11-30)17-22-4-2-3-9-28-22/h2-9,14-15H,10-13,16-17H2,1H3. The molecule has 0 unspecified atom stereocenters. The third kappa shape index (κ3) is 4.90. The van der Waals surface area contributed by atoms with Crippen molar-refractivity contribution in [3.8, 4) is 0 Å². The van der Waals surface area contributed by atoms with Crippen LogP contribution in [0.3, 0.4) is 0 Å². The largest absolute Gasteiger partial charge is 0.451 e. The van der Waals surface area contributed by atoms with E-state index in [1.54, 1.807) is 12.1 Å². The Hall–Kier alpha value is -2.87. The molecule has 0 amide bonds. The van der Waals surface area contributed by atoms with Gasteiger partial charge in [-0.3, -0.25) is 24.6 Å². The van der Waals surface area contributed by atoms with E-state index < -0.39 is 0 Å². The van der Waals surface area contributed by atoms with Crippen molar-refractivity contribution in [2.24, 2.45) is 0 Å². The molecule has 3 aromatic heterocycles. The van der Waals surface area contributed by atoms with E-state index in [0.29, 0.717) is 16.9 Å². The van der Waals surface area contributed by atoms with Gasteiger partial charge < -0.3 is 4.42 Å². The molecule has 33 heavy (non-hydrogen) atoms. The number of furan rings is 1. The predicted molar refractivity (Wildman–Crippen MR) is 131 cm³/mol. The molecule has 6 nitrogen and oxygen atoms in total. The van der Waals surface area contributed by atoms with Crippen LogP contribution < -0.4 is 0 Å². The molecule has 168 valence electrons. The third-order valence-corrected chi connectivity index (χ3v) is 6.65. The molecule has 5 rings (SSSR count). The smallest absolute Gasteiger partial charge is 0.228 e. The van der Waals surface area contributed by atoms with Crippen molar-refractivity contribution >= 4 is 32.7 Å². The first-order valence-corrected chi connectivity index (χ1v) is 11.9. The maximum Gasteiger partial charge on any atom is 0.228 e. The van der Waals surface area contributed by atoms with Gasteiger partial charge in [-0.15, -0.1) is 0 Å². The van der Waals surface area contributed by atoms with Gasteiger partial charge in [0.15, 0.2) is 11.3 Å². The Morgan fingerprint density at radius 1 is 1.00 bits per heavy atom. The van der Waals surface area contributed by atoms with Crippen LogP contribution in [0.25, 0.3) is 11.0 Å². The molecule has 1 aromatic carbocycles. The summed E-state index contributed by atoms with van der Waals surface area (Å²) in [7, 11) is 0.